The number of halogens is 2. The van der Waals surface area contributed by atoms with Crippen LogP contribution in [0.4, 0.5) is 4.39 Å². The van der Waals surface area contributed by atoms with Crippen LogP contribution in [0.15, 0.2) is 53.4 Å². The molecule has 0 bridgehead atoms. The third-order valence-electron chi connectivity index (χ3n) is 4.82. The Bertz CT molecular complexity index is 830. The average molecular weight is 465 g/mol. The van der Waals surface area contributed by atoms with Gasteiger partial charge >= 0.3 is 0 Å². The lowest BCUT2D eigenvalue weighted by Gasteiger charge is -2.30. The maximum atomic E-state index is 13.3. The lowest BCUT2D eigenvalue weighted by atomic mass is 10.1. The Balaban J connectivity index is 2.02. The molecule has 1 N–H and O–H groups in total. The minimum Gasteiger partial charge on any atom is -0.354 e. The van der Waals surface area contributed by atoms with Crippen LogP contribution in [0.25, 0.3) is 0 Å². The predicted octanol–water partition coefficient (Wildman–Crippen LogP) is 5.69. The van der Waals surface area contributed by atoms with Gasteiger partial charge in [-0.15, -0.1) is 11.8 Å². The molecule has 0 saturated heterocycles. The maximum Gasteiger partial charge on any atom is 0.242 e. The van der Waals surface area contributed by atoms with Crippen molar-refractivity contribution >= 4 is 35.2 Å². The van der Waals surface area contributed by atoms with E-state index in [1.807, 2.05) is 38.1 Å². The van der Waals surface area contributed by atoms with Gasteiger partial charge < -0.3 is 10.2 Å². The predicted molar refractivity (Wildman–Crippen MR) is 126 cm³/mol. The van der Waals surface area contributed by atoms with Gasteiger partial charge in [0.25, 0.3) is 0 Å². The number of nitrogens with one attached hydrogen (secondary N) is 1. The number of benzene rings is 2. The van der Waals surface area contributed by atoms with Gasteiger partial charge in [0.15, 0.2) is 0 Å². The van der Waals surface area contributed by atoms with Gasteiger partial charge in [0, 0.05) is 29.4 Å². The quantitative estimate of drug-likeness (QED) is 0.324. The average Bonchev–Trinajstić information content (AvgIpc) is 2.77. The standard InChI is InChI=1S/C24H30ClFN2O2S/c1-3-15-27-24(30)22(4-2)28(17-18-7-11-20(26)12-8-18)23(29)6-5-16-31-21-13-9-19(25)10-14-21/h7-14,22H,3-6,15-17H2,1-2H3,(H,27,30)/t22-/m1/s1. The third kappa shape index (κ3) is 8.54. The zero-order valence-corrected chi connectivity index (χ0v) is 19.6. The van der Waals surface area contributed by atoms with Gasteiger partial charge in [-0.2, -0.15) is 0 Å². The zero-order valence-electron chi connectivity index (χ0n) is 18.1. The molecule has 0 heterocycles. The van der Waals surface area contributed by atoms with E-state index in [1.165, 1.54) is 12.1 Å². The van der Waals surface area contributed by atoms with Crippen LogP contribution in [-0.2, 0) is 16.1 Å². The van der Waals surface area contributed by atoms with Gasteiger partial charge in [-0.3, -0.25) is 9.59 Å². The molecule has 0 unspecified atom stereocenters. The van der Waals surface area contributed by atoms with E-state index in [-0.39, 0.29) is 24.2 Å². The SMILES string of the molecule is CCCNC(=O)[C@@H](CC)N(Cc1ccc(F)cc1)C(=O)CCCSc1ccc(Cl)cc1. The van der Waals surface area contributed by atoms with Gasteiger partial charge in [-0.25, -0.2) is 4.39 Å². The summed E-state index contributed by atoms with van der Waals surface area (Å²) in [6.07, 6.45) is 2.39. The van der Waals surface area contributed by atoms with Crippen molar-refractivity contribution in [2.45, 2.75) is 57.0 Å². The molecule has 1 atom stereocenters. The molecule has 0 aromatic heterocycles. The summed E-state index contributed by atoms with van der Waals surface area (Å²) in [6.45, 7) is 4.74. The molecule has 0 radical (unpaired) electrons. The van der Waals surface area contributed by atoms with Crippen molar-refractivity contribution in [1.29, 1.82) is 0 Å². The molecule has 2 aromatic rings. The Kier molecular flexibility index (Phi) is 10.9. The third-order valence-corrected chi connectivity index (χ3v) is 6.17. The van der Waals surface area contributed by atoms with Crippen molar-refractivity contribution in [2.24, 2.45) is 0 Å². The smallest absolute Gasteiger partial charge is 0.242 e. The number of nitrogens with zero attached hydrogens (tertiary/aromatic N) is 1. The van der Waals surface area contributed by atoms with E-state index < -0.39 is 6.04 Å². The Morgan fingerprint density at radius 2 is 1.77 bits per heavy atom. The Morgan fingerprint density at radius 1 is 1.10 bits per heavy atom. The van der Waals surface area contributed by atoms with Crippen molar-refractivity contribution < 1.29 is 14.0 Å². The van der Waals surface area contributed by atoms with Gasteiger partial charge in [0.2, 0.25) is 11.8 Å². The molecule has 0 aliphatic carbocycles. The van der Waals surface area contributed by atoms with Gasteiger partial charge in [-0.05, 0) is 67.0 Å². The molecule has 7 heteroatoms. The molecule has 0 aliphatic rings. The van der Waals surface area contributed by atoms with Crippen LogP contribution in [0.3, 0.4) is 0 Å². The lowest BCUT2D eigenvalue weighted by molar-refractivity contribution is -0.141. The molecule has 0 saturated carbocycles. The summed E-state index contributed by atoms with van der Waals surface area (Å²) in [7, 11) is 0. The van der Waals surface area contributed by atoms with Crippen molar-refractivity contribution in [3.8, 4) is 0 Å². The van der Waals surface area contributed by atoms with Crippen molar-refractivity contribution in [2.75, 3.05) is 12.3 Å². The highest BCUT2D eigenvalue weighted by molar-refractivity contribution is 7.99. The topological polar surface area (TPSA) is 49.4 Å². The number of carbonyl (C=O) groups excluding carboxylic acids is 2. The van der Waals surface area contributed by atoms with E-state index in [1.54, 1.807) is 28.8 Å². The number of hydrogen-bond acceptors (Lipinski definition) is 3. The van der Waals surface area contributed by atoms with E-state index in [9.17, 15) is 14.0 Å². The normalized spacial score (nSPS) is 11.7. The largest absolute Gasteiger partial charge is 0.354 e. The summed E-state index contributed by atoms with van der Waals surface area (Å²) in [5, 5.41) is 3.60. The number of carbonyl (C=O) groups is 2. The summed E-state index contributed by atoms with van der Waals surface area (Å²) in [5.74, 6) is 0.250. The van der Waals surface area contributed by atoms with Crippen molar-refractivity contribution in [3.63, 3.8) is 0 Å². The lowest BCUT2D eigenvalue weighted by Crippen LogP contribution is -2.49. The van der Waals surface area contributed by atoms with Crippen LogP contribution in [0, 0.1) is 5.82 Å². The zero-order chi connectivity index (χ0) is 22.6. The molecule has 2 aromatic carbocycles. The van der Waals surface area contributed by atoms with E-state index in [0.717, 1.165) is 22.6 Å². The summed E-state index contributed by atoms with van der Waals surface area (Å²) in [5.41, 5.74) is 0.798. The minimum atomic E-state index is -0.548. The second-order valence-electron chi connectivity index (χ2n) is 7.27. The number of rotatable bonds is 12. The monoisotopic (exact) mass is 464 g/mol. The molecule has 0 fully saturated rings. The molecule has 31 heavy (non-hydrogen) atoms. The molecule has 0 spiro atoms. The Labute approximate surface area is 193 Å². The molecular formula is C24H30ClFN2O2S. The highest BCUT2D eigenvalue weighted by Gasteiger charge is 2.28. The number of hydrogen-bond donors (Lipinski definition) is 1. The first-order valence-corrected chi connectivity index (χ1v) is 12.0. The van der Waals surface area contributed by atoms with Crippen LogP contribution < -0.4 is 5.32 Å². The fourth-order valence-corrected chi connectivity index (χ4v) is 4.14. The first-order valence-electron chi connectivity index (χ1n) is 10.6. The van der Waals surface area contributed by atoms with E-state index in [0.29, 0.717) is 30.8 Å². The Morgan fingerprint density at radius 3 is 2.39 bits per heavy atom. The van der Waals surface area contributed by atoms with E-state index >= 15 is 0 Å². The second kappa shape index (κ2) is 13.4. The second-order valence-corrected chi connectivity index (χ2v) is 8.87. The fourth-order valence-electron chi connectivity index (χ4n) is 3.16. The van der Waals surface area contributed by atoms with Crippen LogP contribution in [0.1, 0.15) is 45.1 Å². The van der Waals surface area contributed by atoms with Crippen molar-refractivity contribution in [3.05, 3.63) is 64.9 Å². The summed E-state index contributed by atoms with van der Waals surface area (Å²) in [6, 6.07) is 13.1. The van der Waals surface area contributed by atoms with Gasteiger partial charge in [-0.1, -0.05) is 37.6 Å². The Hall–Kier alpha value is -2.05. The van der Waals surface area contributed by atoms with Crippen molar-refractivity contribution in [1.82, 2.24) is 10.2 Å². The van der Waals surface area contributed by atoms with Crippen LogP contribution in [0.5, 0.6) is 0 Å². The maximum absolute atomic E-state index is 13.3. The highest BCUT2D eigenvalue weighted by Crippen LogP contribution is 2.22. The summed E-state index contributed by atoms with van der Waals surface area (Å²) >= 11 is 7.58. The summed E-state index contributed by atoms with van der Waals surface area (Å²) in [4.78, 5) is 28.5. The van der Waals surface area contributed by atoms with Gasteiger partial charge in [0.05, 0.1) is 0 Å². The van der Waals surface area contributed by atoms with Crippen LogP contribution in [0.2, 0.25) is 5.02 Å². The first kappa shape index (κ1) is 25.2. The minimum absolute atomic E-state index is 0.0699. The molecule has 0 aliphatic heterocycles. The molecular weight excluding hydrogens is 435 g/mol. The first-order chi connectivity index (χ1) is 14.9. The summed E-state index contributed by atoms with van der Waals surface area (Å²) < 4.78 is 13.3. The van der Waals surface area contributed by atoms with Gasteiger partial charge in [0.1, 0.15) is 11.9 Å². The molecule has 168 valence electrons. The van der Waals surface area contributed by atoms with Crippen LogP contribution >= 0.6 is 23.4 Å². The molecule has 2 rings (SSSR count). The van der Waals surface area contributed by atoms with Crippen LogP contribution in [-0.4, -0.2) is 35.1 Å². The van der Waals surface area contributed by atoms with E-state index in [2.05, 4.69) is 5.32 Å². The fraction of sp³-hybridized carbons (Fsp3) is 0.417. The molecule has 4 nitrogen and oxygen atoms in total. The number of thioether (sulfide) groups is 1. The molecule has 2 amide bonds. The number of amides is 2. The van der Waals surface area contributed by atoms with E-state index in [4.69, 9.17) is 11.6 Å². The highest BCUT2D eigenvalue weighted by atomic mass is 35.5.